The SMILES string of the molecule is Cc1ccc(N2CC[C@H](C(=O)NCc3ccnn3CCc3ccccc3)C2=O)cc1C. The number of hydrogen-bond acceptors (Lipinski definition) is 3. The van der Waals surface area contributed by atoms with Gasteiger partial charge in [-0.1, -0.05) is 36.4 Å². The van der Waals surface area contributed by atoms with Crippen molar-refractivity contribution in [2.75, 3.05) is 11.4 Å². The summed E-state index contributed by atoms with van der Waals surface area (Å²) in [6.45, 7) is 5.75. The van der Waals surface area contributed by atoms with Crippen LogP contribution in [0.1, 0.15) is 28.8 Å². The van der Waals surface area contributed by atoms with E-state index in [1.807, 2.05) is 61.0 Å². The van der Waals surface area contributed by atoms with Crippen LogP contribution in [0.3, 0.4) is 0 Å². The number of benzene rings is 2. The van der Waals surface area contributed by atoms with E-state index in [0.29, 0.717) is 19.5 Å². The van der Waals surface area contributed by atoms with E-state index in [1.54, 1.807) is 11.1 Å². The number of nitrogens with one attached hydrogen (secondary N) is 1. The summed E-state index contributed by atoms with van der Waals surface area (Å²) in [5.74, 6) is -0.979. The average Bonchev–Trinajstić information content (AvgIpc) is 3.39. The van der Waals surface area contributed by atoms with E-state index in [4.69, 9.17) is 0 Å². The fourth-order valence-corrected chi connectivity index (χ4v) is 3.97. The van der Waals surface area contributed by atoms with Gasteiger partial charge in [-0.05, 0) is 61.6 Å². The molecule has 1 fully saturated rings. The molecule has 1 aliphatic rings. The molecule has 4 rings (SSSR count). The van der Waals surface area contributed by atoms with Crippen molar-refractivity contribution in [2.45, 2.75) is 39.8 Å². The quantitative estimate of drug-likeness (QED) is 0.600. The van der Waals surface area contributed by atoms with Crippen LogP contribution < -0.4 is 10.2 Å². The van der Waals surface area contributed by atoms with E-state index >= 15 is 0 Å². The second-order valence-electron chi connectivity index (χ2n) is 8.10. The molecule has 160 valence electrons. The van der Waals surface area contributed by atoms with E-state index < -0.39 is 5.92 Å². The molecule has 1 N–H and O–H groups in total. The van der Waals surface area contributed by atoms with Crippen molar-refractivity contribution in [3.8, 4) is 0 Å². The molecule has 0 aliphatic carbocycles. The lowest BCUT2D eigenvalue weighted by atomic mass is 10.1. The van der Waals surface area contributed by atoms with Gasteiger partial charge in [0.2, 0.25) is 11.8 Å². The van der Waals surface area contributed by atoms with Gasteiger partial charge in [-0.25, -0.2) is 0 Å². The minimum absolute atomic E-state index is 0.127. The Morgan fingerprint density at radius 3 is 2.68 bits per heavy atom. The number of carbonyl (C=O) groups excluding carboxylic acids is 2. The summed E-state index contributed by atoms with van der Waals surface area (Å²) in [6.07, 6.45) is 3.15. The van der Waals surface area contributed by atoms with Gasteiger partial charge in [0.1, 0.15) is 5.92 Å². The molecule has 1 atom stereocenters. The Labute approximate surface area is 182 Å². The van der Waals surface area contributed by atoms with Crippen molar-refractivity contribution in [2.24, 2.45) is 5.92 Å². The van der Waals surface area contributed by atoms with Gasteiger partial charge in [0.05, 0.1) is 12.2 Å². The maximum Gasteiger partial charge on any atom is 0.239 e. The van der Waals surface area contributed by atoms with Crippen LogP contribution in [0.25, 0.3) is 0 Å². The average molecular weight is 417 g/mol. The van der Waals surface area contributed by atoms with Crippen molar-refractivity contribution in [1.29, 1.82) is 0 Å². The van der Waals surface area contributed by atoms with Crippen LogP contribution >= 0.6 is 0 Å². The lowest BCUT2D eigenvalue weighted by Gasteiger charge is -2.18. The van der Waals surface area contributed by atoms with Crippen LogP contribution in [0.15, 0.2) is 60.8 Å². The standard InChI is InChI=1S/C25H28N4O2/c1-18-8-9-21(16-19(18)2)28-14-12-23(25(28)31)24(30)26-17-22-10-13-27-29(22)15-11-20-6-4-3-5-7-20/h3-10,13,16,23H,11-12,14-15,17H2,1-2H3,(H,26,30)/t23-/m1/s1. The Bertz CT molecular complexity index is 1070. The highest BCUT2D eigenvalue weighted by Crippen LogP contribution is 2.27. The summed E-state index contributed by atoms with van der Waals surface area (Å²) < 4.78 is 1.91. The molecule has 1 aromatic heterocycles. The third kappa shape index (κ3) is 4.68. The Kier molecular flexibility index (Phi) is 6.16. The van der Waals surface area contributed by atoms with Crippen molar-refractivity contribution in [1.82, 2.24) is 15.1 Å². The molecule has 0 spiro atoms. The lowest BCUT2D eigenvalue weighted by Crippen LogP contribution is -2.37. The van der Waals surface area contributed by atoms with Crippen molar-refractivity contribution in [3.63, 3.8) is 0 Å². The minimum atomic E-state index is -0.637. The van der Waals surface area contributed by atoms with E-state index in [2.05, 4.69) is 22.5 Å². The number of aryl methyl sites for hydroxylation is 4. The first-order valence-electron chi connectivity index (χ1n) is 10.7. The van der Waals surface area contributed by atoms with Gasteiger partial charge in [-0.2, -0.15) is 5.10 Å². The van der Waals surface area contributed by atoms with Crippen LogP contribution in [0.4, 0.5) is 5.69 Å². The van der Waals surface area contributed by atoms with Crippen molar-refractivity contribution < 1.29 is 9.59 Å². The van der Waals surface area contributed by atoms with Gasteiger partial charge in [-0.15, -0.1) is 0 Å². The molecule has 6 heteroatoms. The van der Waals surface area contributed by atoms with Gasteiger partial charge in [0.15, 0.2) is 0 Å². The molecule has 1 saturated heterocycles. The number of nitrogens with zero attached hydrogens (tertiary/aromatic N) is 3. The Morgan fingerprint density at radius 1 is 1.10 bits per heavy atom. The maximum atomic E-state index is 12.9. The van der Waals surface area contributed by atoms with Gasteiger partial charge >= 0.3 is 0 Å². The molecule has 0 saturated carbocycles. The highest BCUT2D eigenvalue weighted by molar-refractivity contribution is 6.09. The summed E-state index contributed by atoms with van der Waals surface area (Å²) in [5.41, 5.74) is 5.37. The first-order chi connectivity index (χ1) is 15.0. The summed E-state index contributed by atoms with van der Waals surface area (Å²) in [5, 5.41) is 7.32. The topological polar surface area (TPSA) is 67.2 Å². The number of anilines is 1. The Balaban J connectivity index is 1.34. The number of rotatable bonds is 7. The summed E-state index contributed by atoms with van der Waals surface area (Å²) in [6, 6.07) is 18.1. The zero-order valence-electron chi connectivity index (χ0n) is 18.0. The normalized spacial score (nSPS) is 16.0. The monoisotopic (exact) mass is 416 g/mol. The van der Waals surface area contributed by atoms with E-state index in [-0.39, 0.29) is 11.8 Å². The molecular weight excluding hydrogens is 388 g/mol. The smallest absolute Gasteiger partial charge is 0.239 e. The van der Waals surface area contributed by atoms with Crippen LogP contribution in [0, 0.1) is 19.8 Å². The zero-order valence-corrected chi connectivity index (χ0v) is 18.0. The summed E-state index contributed by atoms with van der Waals surface area (Å²) in [7, 11) is 0. The molecule has 31 heavy (non-hydrogen) atoms. The molecule has 0 unspecified atom stereocenters. The molecule has 2 amide bonds. The predicted molar refractivity (Wildman–Crippen MR) is 121 cm³/mol. The van der Waals surface area contributed by atoms with Crippen LogP contribution in [-0.4, -0.2) is 28.1 Å². The molecule has 0 radical (unpaired) electrons. The number of aromatic nitrogens is 2. The largest absolute Gasteiger partial charge is 0.350 e. The number of carbonyl (C=O) groups is 2. The first-order valence-corrected chi connectivity index (χ1v) is 10.7. The Morgan fingerprint density at radius 2 is 1.90 bits per heavy atom. The van der Waals surface area contributed by atoms with Crippen LogP contribution in [0.2, 0.25) is 0 Å². The highest BCUT2D eigenvalue weighted by Gasteiger charge is 2.37. The maximum absolute atomic E-state index is 12.9. The number of hydrogen-bond donors (Lipinski definition) is 1. The van der Waals surface area contributed by atoms with Crippen LogP contribution in [-0.2, 0) is 29.1 Å². The second-order valence-corrected chi connectivity index (χ2v) is 8.10. The van der Waals surface area contributed by atoms with E-state index in [0.717, 1.165) is 29.9 Å². The molecule has 2 aromatic carbocycles. The second kappa shape index (κ2) is 9.16. The third-order valence-corrected chi connectivity index (χ3v) is 6.03. The lowest BCUT2D eigenvalue weighted by molar-refractivity contribution is -0.132. The minimum Gasteiger partial charge on any atom is -0.350 e. The predicted octanol–water partition coefficient (Wildman–Crippen LogP) is 3.41. The first kappa shape index (κ1) is 20.8. The molecular formula is C25H28N4O2. The van der Waals surface area contributed by atoms with E-state index in [9.17, 15) is 9.59 Å². The summed E-state index contributed by atoms with van der Waals surface area (Å²) in [4.78, 5) is 27.4. The van der Waals surface area contributed by atoms with Gasteiger partial charge in [0.25, 0.3) is 0 Å². The van der Waals surface area contributed by atoms with Gasteiger partial charge < -0.3 is 10.2 Å². The van der Waals surface area contributed by atoms with Gasteiger partial charge in [0, 0.05) is 25.0 Å². The molecule has 0 bridgehead atoms. The molecule has 1 aliphatic heterocycles. The van der Waals surface area contributed by atoms with Crippen molar-refractivity contribution >= 4 is 17.5 Å². The summed E-state index contributed by atoms with van der Waals surface area (Å²) >= 11 is 0. The van der Waals surface area contributed by atoms with E-state index in [1.165, 1.54) is 11.1 Å². The van der Waals surface area contributed by atoms with Crippen molar-refractivity contribution in [3.05, 3.63) is 83.2 Å². The molecule has 3 aromatic rings. The molecule has 6 nitrogen and oxygen atoms in total. The number of amides is 2. The van der Waals surface area contributed by atoms with Crippen LogP contribution in [0.5, 0.6) is 0 Å². The fourth-order valence-electron chi connectivity index (χ4n) is 3.97. The third-order valence-electron chi connectivity index (χ3n) is 6.03. The Hall–Kier alpha value is -3.41. The van der Waals surface area contributed by atoms with Gasteiger partial charge in [-0.3, -0.25) is 14.3 Å². The zero-order chi connectivity index (χ0) is 21.8. The fraction of sp³-hybridized carbons (Fsp3) is 0.320. The molecule has 2 heterocycles. The highest BCUT2D eigenvalue weighted by atomic mass is 16.2.